The molecule has 70 valence electrons. The van der Waals surface area contributed by atoms with Crippen molar-refractivity contribution in [1.29, 1.82) is 0 Å². The lowest BCUT2D eigenvalue weighted by atomic mass is 10.0. The molecule has 1 aromatic rings. The maximum Gasteiger partial charge on any atom is 0.0438 e. The van der Waals surface area contributed by atoms with Crippen LogP contribution in [0.15, 0.2) is 30.9 Å². The third kappa shape index (κ3) is 2.89. The Labute approximate surface area is 85.2 Å². The molecule has 0 saturated carbocycles. The molecule has 1 rings (SSSR count). The fraction of sp³-hybridized carbons (Fsp3) is 0.333. The highest BCUT2D eigenvalue weighted by molar-refractivity contribution is 6.31. The Morgan fingerprint density at radius 3 is 2.85 bits per heavy atom. The average molecular weight is 195 g/mol. The van der Waals surface area contributed by atoms with Crippen LogP contribution in [-0.2, 0) is 12.8 Å². The van der Waals surface area contributed by atoms with Crippen LogP contribution in [0.4, 0.5) is 0 Å². The van der Waals surface area contributed by atoms with E-state index in [0.717, 1.165) is 24.3 Å². The molecule has 0 N–H and O–H groups in total. The zero-order valence-electron chi connectivity index (χ0n) is 8.02. The highest BCUT2D eigenvalue weighted by atomic mass is 35.5. The summed E-state index contributed by atoms with van der Waals surface area (Å²) < 4.78 is 0. The van der Waals surface area contributed by atoms with Crippen LogP contribution < -0.4 is 0 Å². The van der Waals surface area contributed by atoms with Gasteiger partial charge in [-0.15, -0.1) is 6.58 Å². The van der Waals surface area contributed by atoms with Crippen molar-refractivity contribution in [3.05, 3.63) is 47.0 Å². The summed E-state index contributed by atoms with van der Waals surface area (Å²) in [5.74, 6) is 0. The first-order valence-corrected chi connectivity index (χ1v) is 5.04. The van der Waals surface area contributed by atoms with Crippen LogP contribution >= 0.6 is 11.6 Å². The number of aryl methyl sites for hydroxylation is 1. The van der Waals surface area contributed by atoms with Crippen molar-refractivity contribution in [3.63, 3.8) is 0 Å². The summed E-state index contributed by atoms with van der Waals surface area (Å²) in [6.45, 7) is 5.88. The second kappa shape index (κ2) is 5.08. The number of halogens is 1. The Bertz CT molecular complexity index is 289. The van der Waals surface area contributed by atoms with Gasteiger partial charge in [-0.05, 0) is 30.0 Å². The maximum atomic E-state index is 6.05. The molecule has 0 aliphatic heterocycles. The Hall–Kier alpha value is -0.750. The van der Waals surface area contributed by atoms with Crippen molar-refractivity contribution in [2.24, 2.45) is 0 Å². The van der Waals surface area contributed by atoms with Crippen molar-refractivity contribution < 1.29 is 0 Å². The van der Waals surface area contributed by atoms with Crippen molar-refractivity contribution in [3.8, 4) is 0 Å². The van der Waals surface area contributed by atoms with E-state index in [1.165, 1.54) is 11.1 Å². The van der Waals surface area contributed by atoms with Crippen molar-refractivity contribution in [2.75, 3.05) is 0 Å². The van der Waals surface area contributed by atoms with E-state index in [9.17, 15) is 0 Å². The Morgan fingerprint density at radius 1 is 1.46 bits per heavy atom. The van der Waals surface area contributed by atoms with Crippen molar-refractivity contribution >= 4 is 11.6 Å². The highest BCUT2D eigenvalue weighted by Crippen LogP contribution is 2.19. The van der Waals surface area contributed by atoms with Gasteiger partial charge in [-0.2, -0.15) is 0 Å². The second-order valence-electron chi connectivity index (χ2n) is 3.17. The van der Waals surface area contributed by atoms with Gasteiger partial charge in [-0.25, -0.2) is 0 Å². The van der Waals surface area contributed by atoms with E-state index < -0.39 is 0 Å². The van der Waals surface area contributed by atoms with Gasteiger partial charge in [0.25, 0.3) is 0 Å². The molecule has 1 aromatic carbocycles. The first-order valence-electron chi connectivity index (χ1n) is 4.66. The standard InChI is InChI=1S/C12H15Cl/c1-3-5-10-7-8-12(13)11(9-10)6-4-2/h3,7-9H,1,4-6H2,2H3. The van der Waals surface area contributed by atoms with E-state index in [1.54, 1.807) is 0 Å². The molecule has 0 saturated heterocycles. The molecule has 1 heteroatoms. The summed E-state index contributed by atoms with van der Waals surface area (Å²) in [5.41, 5.74) is 2.55. The molecule has 13 heavy (non-hydrogen) atoms. The van der Waals surface area contributed by atoms with E-state index in [4.69, 9.17) is 11.6 Å². The molecular weight excluding hydrogens is 180 g/mol. The average Bonchev–Trinajstić information content (AvgIpc) is 2.12. The summed E-state index contributed by atoms with van der Waals surface area (Å²) in [4.78, 5) is 0. The van der Waals surface area contributed by atoms with Crippen molar-refractivity contribution in [2.45, 2.75) is 26.2 Å². The predicted molar refractivity (Wildman–Crippen MR) is 59.3 cm³/mol. The maximum absolute atomic E-state index is 6.05. The summed E-state index contributed by atoms with van der Waals surface area (Å²) in [7, 11) is 0. The molecular formula is C12H15Cl. The third-order valence-corrected chi connectivity index (χ3v) is 2.38. The predicted octanol–water partition coefficient (Wildman–Crippen LogP) is 4.02. The fourth-order valence-electron chi connectivity index (χ4n) is 1.38. The molecule has 0 nitrogen and oxygen atoms in total. The quantitative estimate of drug-likeness (QED) is 0.636. The number of allylic oxidation sites excluding steroid dienone is 1. The minimum absolute atomic E-state index is 0.884. The van der Waals surface area contributed by atoms with Crippen molar-refractivity contribution in [1.82, 2.24) is 0 Å². The van der Waals surface area contributed by atoms with Gasteiger partial charge in [-0.3, -0.25) is 0 Å². The lowest BCUT2D eigenvalue weighted by Crippen LogP contribution is -1.88. The molecule has 0 radical (unpaired) electrons. The topological polar surface area (TPSA) is 0 Å². The molecule has 0 unspecified atom stereocenters. The minimum Gasteiger partial charge on any atom is -0.103 e. The van der Waals surface area contributed by atoms with Gasteiger partial charge in [0, 0.05) is 5.02 Å². The first-order chi connectivity index (χ1) is 6.27. The summed E-state index contributed by atoms with van der Waals surface area (Å²) in [5, 5.41) is 0.884. The van der Waals surface area contributed by atoms with Crippen LogP contribution in [0.25, 0.3) is 0 Å². The van der Waals surface area contributed by atoms with Gasteiger partial charge in [0.2, 0.25) is 0 Å². The number of hydrogen-bond donors (Lipinski definition) is 0. The molecule has 0 aliphatic carbocycles. The molecule has 0 bridgehead atoms. The van der Waals surface area contributed by atoms with E-state index >= 15 is 0 Å². The molecule has 0 aliphatic rings. The highest BCUT2D eigenvalue weighted by Gasteiger charge is 1.99. The smallest absolute Gasteiger partial charge is 0.0438 e. The molecule has 0 fully saturated rings. The van der Waals surface area contributed by atoms with Gasteiger partial charge < -0.3 is 0 Å². The number of rotatable bonds is 4. The van der Waals surface area contributed by atoms with E-state index in [2.05, 4.69) is 25.6 Å². The van der Waals surface area contributed by atoms with Crippen LogP contribution in [0, 0.1) is 0 Å². The molecule has 0 spiro atoms. The lowest BCUT2D eigenvalue weighted by Gasteiger charge is -2.04. The second-order valence-corrected chi connectivity index (χ2v) is 3.58. The van der Waals surface area contributed by atoms with Gasteiger partial charge in [0.15, 0.2) is 0 Å². The lowest BCUT2D eigenvalue weighted by molar-refractivity contribution is 0.919. The Balaban J connectivity index is 2.89. The van der Waals surface area contributed by atoms with E-state index in [1.807, 2.05) is 12.1 Å². The minimum atomic E-state index is 0.884. The van der Waals surface area contributed by atoms with Crippen LogP contribution in [-0.4, -0.2) is 0 Å². The zero-order chi connectivity index (χ0) is 9.68. The van der Waals surface area contributed by atoms with E-state index in [0.29, 0.717) is 0 Å². The van der Waals surface area contributed by atoms with Gasteiger partial charge in [0.05, 0.1) is 0 Å². The summed E-state index contributed by atoms with van der Waals surface area (Å²) >= 11 is 6.05. The van der Waals surface area contributed by atoms with Crippen LogP contribution in [0.2, 0.25) is 5.02 Å². The van der Waals surface area contributed by atoms with Gasteiger partial charge >= 0.3 is 0 Å². The summed E-state index contributed by atoms with van der Waals surface area (Å²) in [6.07, 6.45) is 5.04. The zero-order valence-corrected chi connectivity index (χ0v) is 8.77. The SMILES string of the molecule is C=CCc1ccc(Cl)c(CCC)c1. The molecule has 0 atom stereocenters. The number of benzene rings is 1. The fourth-order valence-corrected chi connectivity index (χ4v) is 1.59. The first kappa shape index (κ1) is 10.3. The third-order valence-electron chi connectivity index (χ3n) is 2.01. The van der Waals surface area contributed by atoms with E-state index in [-0.39, 0.29) is 0 Å². The Kier molecular flexibility index (Phi) is 4.04. The molecule has 0 aromatic heterocycles. The van der Waals surface area contributed by atoms with Crippen LogP contribution in [0.3, 0.4) is 0 Å². The van der Waals surface area contributed by atoms with Gasteiger partial charge in [0.1, 0.15) is 0 Å². The van der Waals surface area contributed by atoms with Crippen LogP contribution in [0.5, 0.6) is 0 Å². The number of hydrogen-bond acceptors (Lipinski definition) is 0. The normalized spacial score (nSPS) is 10.0. The van der Waals surface area contributed by atoms with Crippen LogP contribution in [0.1, 0.15) is 24.5 Å². The monoisotopic (exact) mass is 194 g/mol. The Morgan fingerprint density at radius 2 is 2.23 bits per heavy atom. The summed E-state index contributed by atoms with van der Waals surface area (Å²) in [6, 6.07) is 6.21. The largest absolute Gasteiger partial charge is 0.103 e. The molecule has 0 amide bonds. The molecule has 0 heterocycles. The van der Waals surface area contributed by atoms with Gasteiger partial charge in [-0.1, -0.05) is 43.2 Å².